The van der Waals surface area contributed by atoms with Gasteiger partial charge in [-0.3, -0.25) is 9.59 Å². The normalized spacial score (nSPS) is 14.6. The lowest BCUT2D eigenvalue weighted by Crippen LogP contribution is -2.29. The van der Waals surface area contributed by atoms with Gasteiger partial charge in [0, 0.05) is 0 Å². The Bertz CT molecular complexity index is 2280. The van der Waals surface area contributed by atoms with Crippen LogP contribution in [0.1, 0.15) is 74.9 Å². The molecular weight excluding hydrogens is 685 g/mol. The first-order valence-corrected chi connectivity index (χ1v) is 19.5. The summed E-state index contributed by atoms with van der Waals surface area (Å²) in [7, 11) is 0. The summed E-state index contributed by atoms with van der Waals surface area (Å²) in [6, 6.07) is 54.0. The molecule has 0 bridgehead atoms. The molecule has 0 fully saturated rings. The lowest BCUT2D eigenvalue weighted by Gasteiger charge is -2.26. The first-order chi connectivity index (χ1) is 26.9. The zero-order chi connectivity index (χ0) is 39.2. The van der Waals surface area contributed by atoms with Crippen molar-refractivity contribution < 1.29 is 9.59 Å². The molecule has 2 heterocycles. The van der Waals surface area contributed by atoms with Crippen LogP contribution in [0.5, 0.6) is 0 Å². The Morgan fingerprint density at radius 1 is 0.357 bits per heavy atom. The van der Waals surface area contributed by atoms with Crippen molar-refractivity contribution in [3.8, 4) is 22.3 Å². The van der Waals surface area contributed by atoms with Crippen molar-refractivity contribution in [3.05, 3.63) is 202 Å². The Kier molecular flexibility index (Phi) is 9.46. The van der Waals surface area contributed by atoms with Crippen LogP contribution in [-0.2, 0) is 33.5 Å². The van der Waals surface area contributed by atoms with E-state index in [9.17, 15) is 0 Å². The van der Waals surface area contributed by atoms with Gasteiger partial charge in [0.05, 0.1) is 35.6 Å². The summed E-state index contributed by atoms with van der Waals surface area (Å²) < 4.78 is 0. The minimum Gasteiger partial charge on any atom is -0.302 e. The Balaban J connectivity index is 1.28. The number of rotatable bonds is 8. The fourth-order valence-electron chi connectivity index (χ4n) is 7.79. The van der Waals surface area contributed by atoms with Crippen molar-refractivity contribution >= 4 is 23.2 Å². The molecular formula is C52H48N2O2. The summed E-state index contributed by atoms with van der Waals surface area (Å²) in [6.45, 7) is 13.9. The van der Waals surface area contributed by atoms with Gasteiger partial charge in [0.1, 0.15) is 0 Å². The highest BCUT2D eigenvalue weighted by atomic mass is 16.2. The number of nitrogens with zero attached hydrogens (tertiary/aromatic N) is 2. The zero-order valence-electron chi connectivity index (χ0n) is 33.1. The molecule has 2 aliphatic heterocycles. The van der Waals surface area contributed by atoms with E-state index in [1.807, 2.05) is 70.5 Å². The maximum atomic E-state index is 15.1. The number of amides is 2. The molecule has 0 N–H and O–H groups in total. The van der Waals surface area contributed by atoms with Crippen molar-refractivity contribution in [2.45, 2.75) is 65.5 Å². The molecule has 0 saturated carbocycles. The molecule has 0 spiro atoms. The van der Waals surface area contributed by atoms with Gasteiger partial charge >= 0.3 is 0 Å². The smallest absolute Gasteiger partial charge is 0.261 e. The lowest BCUT2D eigenvalue weighted by molar-refractivity contribution is -0.124. The molecule has 0 atom stereocenters. The van der Waals surface area contributed by atoms with Crippen LogP contribution in [0.3, 0.4) is 0 Å². The highest BCUT2D eigenvalue weighted by Gasteiger charge is 2.49. The van der Waals surface area contributed by atoms with E-state index in [1.54, 1.807) is 0 Å². The van der Waals surface area contributed by atoms with E-state index in [2.05, 4.69) is 139 Å². The molecule has 0 saturated heterocycles. The van der Waals surface area contributed by atoms with Crippen LogP contribution in [0, 0.1) is 0 Å². The maximum absolute atomic E-state index is 15.1. The molecule has 6 aromatic carbocycles. The minimum absolute atomic E-state index is 0.00533. The van der Waals surface area contributed by atoms with E-state index in [1.165, 1.54) is 11.1 Å². The molecule has 6 aromatic rings. The first kappa shape index (κ1) is 36.7. The molecule has 0 radical (unpaired) electrons. The van der Waals surface area contributed by atoms with E-state index in [-0.39, 0.29) is 22.6 Å². The zero-order valence-corrected chi connectivity index (χ0v) is 33.1. The van der Waals surface area contributed by atoms with Gasteiger partial charge in [0.25, 0.3) is 11.8 Å². The third-order valence-corrected chi connectivity index (χ3v) is 11.0. The van der Waals surface area contributed by atoms with Gasteiger partial charge in [-0.25, -0.2) is 0 Å². The molecule has 278 valence electrons. The molecule has 4 heteroatoms. The Hall–Kier alpha value is -6.26. The lowest BCUT2D eigenvalue weighted by atomic mass is 9.87. The van der Waals surface area contributed by atoms with Crippen LogP contribution in [0.25, 0.3) is 33.6 Å². The van der Waals surface area contributed by atoms with Gasteiger partial charge in [-0.2, -0.15) is 0 Å². The molecule has 0 aliphatic carbocycles. The predicted molar refractivity (Wildman–Crippen MR) is 229 cm³/mol. The van der Waals surface area contributed by atoms with Crippen molar-refractivity contribution in [1.82, 2.24) is 9.80 Å². The number of hydrogen-bond donors (Lipinski definition) is 0. The Labute approximate surface area is 331 Å². The van der Waals surface area contributed by atoms with Crippen LogP contribution in [0.2, 0.25) is 0 Å². The second-order valence-electron chi connectivity index (χ2n) is 17.0. The highest BCUT2D eigenvalue weighted by molar-refractivity contribution is 6.30. The Morgan fingerprint density at radius 2 is 0.643 bits per heavy atom. The van der Waals surface area contributed by atoms with Crippen LogP contribution >= 0.6 is 0 Å². The number of carbonyl (C=O) groups is 2. The third-order valence-electron chi connectivity index (χ3n) is 11.0. The fourth-order valence-corrected chi connectivity index (χ4v) is 7.79. The molecule has 2 amide bonds. The first-order valence-electron chi connectivity index (χ1n) is 19.5. The van der Waals surface area contributed by atoms with Gasteiger partial charge in [-0.1, -0.05) is 199 Å². The van der Waals surface area contributed by atoms with Gasteiger partial charge in [-0.05, 0) is 66.5 Å². The summed E-state index contributed by atoms with van der Waals surface area (Å²) >= 11 is 0. The number of benzene rings is 6. The number of hydrogen-bond acceptors (Lipinski definition) is 2. The van der Waals surface area contributed by atoms with Crippen molar-refractivity contribution in [3.63, 3.8) is 0 Å². The van der Waals surface area contributed by atoms with Crippen LogP contribution in [0.4, 0.5) is 0 Å². The van der Waals surface area contributed by atoms with E-state index < -0.39 is 0 Å². The van der Waals surface area contributed by atoms with Gasteiger partial charge in [0.2, 0.25) is 0 Å². The largest absolute Gasteiger partial charge is 0.302 e. The van der Waals surface area contributed by atoms with Gasteiger partial charge in [0.15, 0.2) is 0 Å². The summed E-state index contributed by atoms with van der Waals surface area (Å²) in [5.41, 5.74) is 12.7. The molecule has 56 heavy (non-hydrogen) atoms. The molecule has 4 nitrogen and oxygen atoms in total. The Morgan fingerprint density at radius 3 is 0.946 bits per heavy atom. The average molecular weight is 733 g/mol. The molecule has 0 aromatic heterocycles. The topological polar surface area (TPSA) is 40.6 Å². The predicted octanol–water partition coefficient (Wildman–Crippen LogP) is 11.8. The summed E-state index contributed by atoms with van der Waals surface area (Å²) in [6.07, 6.45) is 0. The molecule has 8 rings (SSSR count). The van der Waals surface area contributed by atoms with Crippen molar-refractivity contribution in [2.24, 2.45) is 0 Å². The SMILES string of the molecule is CC(C)(C)c1ccc(CN2C(=O)C3=C(c4ccc(-c5ccccc5)cc4)N(Cc4ccc(C(C)(C)C)cc4)C(=O)C3=C2c2ccc(-c3ccccc3)cc2)cc1. The van der Waals surface area contributed by atoms with E-state index >= 15 is 9.59 Å². The maximum Gasteiger partial charge on any atom is 0.261 e. The number of fused-ring (bicyclic) bond motifs is 1. The molecule has 0 unspecified atom stereocenters. The monoisotopic (exact) mass is 732 g/mol. The summed E-state index contributed by atoms with van der Waals surface area (Å²) in [5.74, 6) is -0.328. The van der Waals surface area contributed by atoms with E-state index in [0.717, 1.165) is 44.5 Å². The van der Waals surface area contributed by atoms with Gasteiger partial charge < -0.3 is 9.80 Å². The van der Waals surface area contributed by atoms with Gasteiger partial charge in [-0.15, -0.1) is 0 Å². The second-order valence-corrected chi connectivity index (χ2v) is 17.0. The van der Waals surface area contributed by atoms with Crippen molar-refractivity contribution in [2.75, 3.05) is 0 Å². The van der Waals surface area contributed by atoms with Crippen LogP contribution in [-0.4, -0.2) is 21.6 Å². The van der Waals surface area contributed by atoms with Crippen molar-refractivity contribution in [1.29, 1.82) is 0 Å². The molecule has 2 aliphatic rings. The fraction of sp³-hybridized carbons (Fsp3) is 0.192. The minimum atomic E-state index is -0.164. The number of carbonyl (C=O) groups excluding carboxylic acids is 2. The summed E-state index contributed by atoms with van der Waals surface area (Å²) in [5, 5.41) is 0. The third kappa shape index (κ3) is 7.04. The summed E-state index contributed by atoms with van der Waals surface area (Å²) in [4.78, 5) is 33.9. The second kappa shape index (κ2) is 14.4. The highest BCUT2D eigenvalue weighted by Crippen LogP contribution is 2.48. The van der Waals surface area contributed by atoms with E-state index in [4.69, 9.17) is 0 Å². The average Bonchev–Trinajstić information content (AvgIpc) is 3.64. The standard InChI is InChI=1S/C52H48N2O2/c1-51(2,3)43-29-17-35(18-30-43)33-53-47(41-25-21-39(22-26-41)37-13-9-7-10-14-37)45-46(49(53)55)48(42-27-23-40(24-28-42)38-15-11-8-12-16-38)54(50(45)56)34-36-19-31-44(32-20-36)52(4,5)6/h7-32H,33-34H2,1-6H3. The quantitative estimate of drug-likeness (QED) is 0.156. The van der Waals surface area contributed by atoms with E-state index in [0.29, 0.717) is 35.6 Å². The van der Waals surface area contributed by atoms with Crippen LogP contribution in [0.15, 0.2) is 169 Å². The van der Waals surface area contributed by atoms with Crippen LogP contribution < -0.4 is 0 Å².